The molecule has 0 saturated carbocycles. The molecular formula is C32H31N7O6. The number of hydroxylamine groups is 1. The van der Waals surface area contributed by atoms with Crippen LogP contribution in [-0.4, -0.2) is 86.7 Å². The number of benzene rings is 2. The van der Waals surface area contributed by atoms with Gasteiger partial charge in [-0.3, -0.25) is 19.6 Å². The lowest BCUT2D eigenvalue weighted by atomic mass is 9.85. The maximum Gasteiger partial charge on any atom is 0.277 e. The van der Waals surface area contributed by atoms with Gasteiger partial charge in [-0.05, 0) is 48.1 Å². The van der Waals surface area contributed by atoms with Crippen LogP contribution in [0.3, 0.4) is 0 Å². The summed E-state index contributed by atoms with van der Waals surface area (Å²) in [6.45, 7) is 2.07. The monoisotopic (exact) mass is 609 g/mol. The van der Waals surface area contributed by atoms with Crippen LogP contribution in [0.5, 0.6) is 11.5 Å². The zero-order valence-corrected chi connectivity index (χ0v) is 24.3. The van der Waals surface area contributed by atoms with E-state index in [0.717, 1.165) is 40.6 Å². The number of piperidine rings is 1. The molecule has 13 heteroatoms. The molecule has 2 atom stereocenters. The molecule has 0 bridgehead atoms. The molecule has 2 saturated heterocycles. The van der Waals surface area contributed by atoms with Gasteiger partial charge in [0.25, 0.3) is 5.91 Å². The van der Waals surface area contributed by atoms with Crippen LogP contribution >= 0.6 is 0 Å². The standard InChI is InChI=1S/C32H31N7O6/c40-27-16-38(15-18-7-9-37(10-8-18)32-33-13-20(14-34-32)30(41)36-43)31(42)24-12-22-21-3-1-2-4-23(21)35-28(22)29(39(24)27)19-5-6-25-26(11-19)45-17-44-25/h1-6,11,13-14,18,24,29,35,43H,7-10,12,15-17H2,(H,36,41)/t24-,29?/m0/s1. The van der Waals surface area contributed by atoms with Gasteiger partial charge in [-0.2, -0.15) is 0 Å². The summed E-state index contributed by atoms with van der Waals surface area (Å²) in [7, 11) is 0. The van der Waals surface area contributed by atoms with E-state index in [-0.39, 0.29) is 36.6 Å². The minimum absolute atomic E-state index is 0.0280. The van der Waals surface area contributed by atoms with Crippen LogP contribution in [0, 0.1) is 5.92 Å². The molecule has 3 amide bonds. The largest absolute Gasteiger partial charge is 0.454 e. The number of aromatic nitrogens is 3. The van der Waals surface area contributed by atoms with Gasteiger partial charge in [0.15, 0.2) is 11.5 Å². The third-order valence-corrected chi connectivity index (χ3v) is 9.43. The average molecular weight is 610 g/mol. The van der Waals surface area contributed by atoms with Gasteiger partial charge < -0.3 is 29.2 Å². The van der Waals surface area contributed by atoms with Crippen LogP contribution in [0.15, 0.2) is 54.9 Å². The SMILES string of the molecule is O=C(NO)c1cnc(N2CCC(CN3CC(=O)N4C(c5ccc6c(c5)OCO6)c5[nH]c6ccccc6c5C[C@H]4C3=O)CC2)nc1. The van der Waals surface area contributed by atoms with Gasteiger partial charge in [0, 0.05) is 55.0 Å². The molecule has 45 heavy (non-hydrogen) atoms. The fourth-order valence-electron chi connectivity index (χ4n) is 7.20. The Labute approximate surface area is 257 Å². The number of H-pyrrole nitrogens is 1. The van der Waals surface area contributed by atoms with Crippen molar-refractivity contribution >= 4 is 34.6 Å². The Hall–Kier alpha value is -5.17. The number of ether oxygens (including phenoxy) is 2. The Morgan fingerprint density at radius 2 is 1.82 bits per heavy atom. The van der Waals surface area contributed by atoms with Crippen LogP contribution in [0.1, 0.15) is 46.1 Å². The molecule has 4 aliphatic rings. The number of anilines is 1. The molecule has 1 unspecified atom stereocenters. The molecule has 2 fully saturated rings. The number of amides is 3. The van der Waals surface area contributed by atoms with Crippen LogP contribution in [0.25, 0.3) is 10.9 Å². The number of hydrogen-bond acceptors (Lipinski definition) is 9. The third kappa shape index (κ3) is 4.62. The second-order valence-corrected chi connectivity index (χ2v) is 12.0. The molecule has 230 valence electrons. The lowest BCUT2D eigenvalue weighted by molar-refractivity contribution is -0.159. The predicted molar refractivity (Wildman–Crippen MR) is 160 cm³/mol. The number of aromatic amines is 1. The summed E-state index contributed by atoms with van der Waals surface area (Å²) in [5, 5.41) is 9.88. The predicted octanol–water partition coefficient (Wildman–Crippen LogP) is 2.41. The number of carbonyl (C=O) groups is 3. The molecule has 13 nitrogen and oxygen atoms in total. The average Bonchev–Trinajstić information content (AvgIpc) is 3.70. The van der Waals surface area contributed by atoms with Crippen LogP contribution < -0.4 is 19.9 Å². The summed E-state index contributed by atoms with van der Waals surface area (Å²) in [6, 6.07) is 12.7. The van der Waals surface area contributed by atoms with E-state index < -0.39 is 18.0 Å². The maximum absolute atomic E-state index is 14.2. The molecule has 4 aliphatic heterocycles. The molecule has 0 aliphatic carbocycles. The van der Waals surface area contributed by atoms with Crippen molar-refractivity contribution in [3.8, 4) is 11.5 Å². The molecule has 4 aromatic rings. The molecule has 0 radical (unpaired) electrons. The van der Waals surface area contributed by atoms with Crippen molar-refractivity contribution in [2.75, 3.05) is 37.9 Å². The highest BCUT2D eigenvalue weighted by molar-refractivity contribution is 5.97. The van der Waals surface area contributed by atoms with Crippen LogP contribution in [0.2, 0.25) is 0 Å². The van der Waals surface area contributed by atoms with Crippen LogP contribution in [-0.2, 0) is 16.0 Å². The molecular weight excluding hydrogens is 578 g/mol. The number of fused-ring (bicyclic) bond motifs is 5. The number of piperazine rings is 1. The molecule has 6 heterocycles. The minimum atomic E-state index is -0.666. The highest BCUT2D eigenvalue weighted by atomic mass is 16.7. The quantitative estimate of drug-likeness (QED) is 0.229. The topological polar surface area (TPSA) is 153 Å². The first-order chi connectivity index (χ1) is 22.0. The zero-order valence-electron chi connectivity index (χ0n) is 24.3. The van der Waals surface area contributed by atoms with Crippen LogP contribution in [0.4, 0.5) is 5.95 Å². The van der Waals surface area contributed by atoms with Crippen molar-refractivity contribution in [3.63, 3.8) is 0 Å². The smallest absolute Gasteiger partial charge is 0.277 e. The van der Waals surface area contributed by atoms with E-state index in [1.54, 1.807) is 15.3 Å². The van der Waals surface area contributed by atoms with Gasteiger partial charge in [-0.1, -0.05) is 24.3 Å². The number of para-hydroxylation sites is 1. The second-order valence-electron chi connectivity index (χ2n) is 12.0. The van der Waals surface area contributed by atoms with Crippen molar-refractivity contribution in [1.29, 1.82) is 0 Å². The van der Waals surface area contributed by atoms with Crippen molar-refractivity contribution in [2.45, 2.75) is 31.3 Å². The van der Waals surface area contributed by atoms with Crippen molar-refractivity contribution in [1.82, 2.24) is 30.2 Å². The summed E-state index contributed by atoms with van der Waals surface area (Å²) in [6.07, 6.45) is 4.82. The normalized spacial score (nSPS) is 21.2. The van der Waals surface area contributed by atoms with Gasteiger partial charge in [0.2, 0.25) is 24.6 Å². The van der Waals surface area contributed by atoms with Gasteiger partial charge in [0.05, 0.1) is 18.2 Å². The third-order valence-electron chi connectivity index (χ3n) is 9.43. The lowest BCUT2D eigenvalue weighted by Gasteiger charge is -2.48. The van der Waals surface area contributed by atoms with E-state index in [2.05, 4.69) is 21.0 Å². The van der Waals surface area contributed by atoms with Gasteiger partial charge >= 0.3 is 0 Å². The van der Waals surface area contributed by atoms with Crippen molar-refractivity contribution in [2.24, 2.45) is 5.92 Å². The molecule has 2 aromatic heterocycles. The molecule has 2 aromatic carbocycles. The van der Waals surface area contributed by atoms with E-state index in [1.807, 2.05) is 41.3 Å². The summed E-state index contributed by atoms with van der Waals surface area (Å²) >= 11 is 0. The Morgan fingerprint density at radius 3 is 2.62 bits per heavy atom. The van der Waals surface area contributed by atoms with Crippen molar-refractivity contribution in [3.05, 3.63) is 77.2 Å². The first-order valence-electron chi connectivity index (χ1n) is 15.1. The zero-order chi connectivity index (χ0) is 30.7. The Bertz CT molecular complexity index is 1820. The van der Waals surface area contributed by atoms with Gasteiger partial charge in [0.1, 0.15) is 6.04 Å². The molecule has 8 rings (SSSR count). The number of carbonyl (C=O) groups excluding carboxylic acids is 3. The van der Waals surface area contributed by atoms with Gasteiger partial charge in [-0.25, -0.2) is 15.4 Å². The lowest BCUT2D eigenvalue weighted by Crippen LogP contribution is -2.63. The fourth-order valence-corrected chi connectivity index (χ4v) is 7.20. The summed E-state index contributed by atoms with van der Waals surface area (Å²) < 4.78 is 11.2. The number of rotatable bonds is 5. The number of nitrogens with one attached hydrogen (secondary N) is 2. The molecule has 3 N–H and O–H groups in total. The van der Waals surface area contributed by atoms with E-state index in [4.69, 9.17) is 14.7 Å². The first-order valence-corrected chi connectivity index (χ1v) is 15.1. The fraction of sp³-hybridized carbons (Fsp3) is 0.344. The second kappa shape index (κ2) is 10.8. The van der Waals surface area contributed by atoms with E-state index in [9.17, 15) is 14.4 Å². The maximum atomic E-state index is 14.2. The first kappa shape index (κ1) is 27.4. The summed E-state index contributed by atoms with van der Waals surface area (Å²) in [4.78, 5) is 57.5. The Morgan fingerprint density at radius 1 is 1.04 bits per heavy atom. The Balaban J connectivity index is 1.03. The Kier molecular flexibility index (Phi) is 6.55. The minimum Gasteiger partial charge on any atom is -0.454 e. The number of nitrogens with zero attached hydrogens (tertiary/aromatic N) is 5. The highest BCUT2D eigenvalue weighted by Gasteiger charge is 2.48. The van der Waals surface area contributed by atoms with E-state index in [0.29, 0.717) is 43.5 Å². The summed E-state index contributed by atoms with van der Waals surface area (Å²) in [5.41, 5.74) is 5.58. The van der Waals surface area contributed by atoms with Crippen molar-refractivity contribution < 1.29 is 29.1 Å². The van der Waals surface area contributed by atoms with Gasteiger partial charge in [-0.15, -0.1) is 0 Å². The highest BCUT2D eigenvalue weighted by Crippen LogP contribution is 2.45. The summed E-state index contributed by atoms with van der Waals surface area (Å²) in [5.74, 6) is 1.26. The van der Waals surface area contributed by atoms with E-state index >= 15 is 0 Å². The number of hydrogen-bond donors (Lipinski definition) is 3. The molecule has 0 spiro atoms. The van der Waals surface area contributed by atoms with E-state index in [1.165, 1.54) is 12.4 Å².